The number of aromatic nitrogens is 1. The first kappa shape index (κ1) is 18.6. The van der Waals surface area contributed by atoms with E-state index < -0.39 is 21.4 Å². The van der Waals surface area contributed by atoms with Gasteiger partial charge in [0.15, 0.2) is 0 Å². The number of carboxylic acids is 1. The molecule has 0 aliphatic rings. The summed E-state index contributed by atoms with van der Waals surface area (Å²) in [5, 5.41) is 8.92. The van der Waals surface area contributed by atoms with E-state index in [0.717, 1.165) is 0 Å². The molecule has 27 heavy (non-hydrogen) atoms. The van der Waals surface area contributed by atoms with Gasteiger partial charge in [0, 0.05) is 11.8 Å². The van der Waals surface area contributed by atoms with Gasteiger partial charge in [0.2, 0.25) is 9.84 Å². The molecule has 0 atom stereocenters. The van der Waals surface area contributed by atoms with Gasteiger partial charge < -0.3 is 9.67 Å². The third-order valence-electron chi connectivity index (χ3n) is 4.10. The van der Waals surface area contributed by atoms with Crippen molar-refractivity contribution in [3.8, 4) is 0 Å². The van der Waals surface area contributed by atoms with E-state index in [1.165, 1.54) is 35.0 Å². The number of hydrogen-bond acceptors (Lipinski definition) is 4. The summed E-state index contributed by atoms with van der Waals surface area (Å²) in [4.78, 5) is 23.7. The fourth-order valence-corrected chi connectivity index (χ4v) is 4.32. The molecule has 0 amide bonds. The minimum Gasteiger partial charge on any atom is -0.481 e. The maximum atomic E-state index is 13.0. The van der Waals surface area contributed by atoms with Crippen molar-refractivity contribution in [2.45, 2.75) is 22.8 Å². The number of sulfone groups is 1. The molecule has 3 rings (SSSR count). The van der Waals surface area contributed by atoms with Crippen LogP contribution in [0.4, 0.5) is 0 Å². The summed E-state index contributed by atoms with van der Waals surface area (Å²) in [6.07, 6.45) is 1.13. The fraction of sp³-hybridized carbons (Fsp3) is 0.100. The lowest BCUT2D eigenvalue weighted by atomic mass is 10.2. The van der Waals surface area contributed by atoms with Crippen molar-refractivity contribution >= 4 is 15.8 Å². The van der Waals surface area contributed by atoms with Gasteiger partial charge >= 0.3 is 5.97 Å². The Labute approximate surface area is 156 Å². The van der Waals surface area contributed by atoms with Gasteiger partial charge in [-0.3, -0.25) is 9.59 Å². The average molecular weight is 383 g/mol. The summed E-state index contributed by atoms with van der Waals surface area (Å²) < 4.78 is 27.3. The monoisotopic (exact) mass is 383 g/mol. The molecular weight excluding hydrogens is 366 g/mol. The van der Waals surface area contributed by atoms with E-state index >= 15 is 0 Å². The van der Waals surface area contributed by atoms with Crippen LogP contribution in [-0.4, -0.2) is 24.1 Å². The highest BCUT2D eigenvalue weighted by Gasteiger charge is 2.21. The third-order valence-corrected chi connectivity index (χ3v) is 5.97. The summed E-state index contributed by atoms with van der Waals surface area (Å²) in [5.74, 6) is -1.10. The van der Waals surface area contributed by atoms with Crippen LogP contribution in [-0.2, 0) is 27.6 Å². The van der Waals surface area contributed by atoms with Crippen LogP contribution in [0.3, 0.4) is 0 Å². The van der Waals surface area contributed by atoms with E-state index in [4.69, 9.17) is 5.11 Å². The van der Waals surface area contributed by atoms with Crippen LogP contribution < -0.4 is 5.56 Å². The molecule has 0 radical (unpaired) electrons. The molecule has 0 saturated heterocycles. The van der Waals surface area contributed by atoms with Crippen molar-refractivity contribution < 1.29 is 18.3 Å². The van der Waals surface area contributed by atoms with Crippen LogP contribution in [0.5, 0.6) is 0 Å². The molecule has 0 aliphatic heterocycles. The first-order valence-corrected chi connectivity index (χ1v) is 9.66. The van der Waals surface area contributed by atoms with Gasteiger partial charge in [-0.05, 0) is 29.8 Å². The summed E-state index contributed by atoms with van der Waals surface area (Å²) in [7, 11) is -3.74. The third kappa shape index (κ3) is 3.98. The zero-order valence-electron chi connectivity index (χ0n) is 14.3. The summed E-state index contributed by atoms with van der Waals surface area (Å²) in [5.41, 5.74) is 0.149. The summed E-state index contributed by atoms with van der Waals surface area (Å²) >= 11 is 0. The Hall–Kier alpha value is -3.19. The molecule has 7 heteroatoms. The minimum absolute atomic E-state index is 0.0224. The van der Waals surface area contributed by atoms with E-state index in [2.05, 4.69) is 0 Å². The number of rotatable bonds is 6. The molecular formula is C20H17NO5S. The van der Waals surface area contributed by atoms with Crippen LogP contribution in [0, 0.1) is 0 Å². The van der Waals surface area contributed by atoms with Crippen molar-refractivity contribution in [2.75, 3.05) is 0 Å². The molecule has 0 fully saturated rings. The first-order chi connectivity index (χ1) is 12.9. The van der Waals surface area contributed by atoms with Crippen LogP contribution in [0.15, 0.2) is 87.5 Å². The second kappa shape index (κ2) is 7.59. The molecule has 0 spiro atoms. The molecule has 6 nitrogen and oxygen atoms in total. The number of pyridine rings is 1. The van der Waals surface area contributed by atoms with Gasteiger partial charge in [-0.25, -0.2) is 8.42 Å². The molecule has 1 aromatic heterocycles. The molecule has 0 saturated carbocycles. The van der Waals surface area contributed by atoms with E-state index in [-0.39, 0.29) is 28.3 Å². The zero-order valence-corrected chi connectivity index (χ0v) is 15.1. The Morgan fingerprint density at radius 3 is 2.22 bits per heavy atom. The number of nitrogens with zero attached hydrogens (tertiary/aromatic N) is 1. The van der Waals surface area contributed by atoms with Gasteiger partial charge in [0.1, 0.15) is 0 Å². The van der Waals surface area contributed by atoms with E-state index in [1.807, 2.05) is 0 Å². The van der Waals surface area contributed by atoms with Crippen molar-refractivity contribution in [1.82, 2.24) is 4.57 Å². The number of carboxylic acid groups (broad SMARTS) is 1. The lowest BCUT2D eigenvalue weighted by Gasteiger charge is -2.13. The number of aliphatic carboxylic acids is 1. The van der Waals surface area contributed by atoms with Crippen LogP contribution in [0.2, 0.25) is 0 Å². The molecule has 2 aromatic carbocycles. The minimum atomic E-state index is -3.74. The Morgan fingerprint density at radius 2 is 1.52 bits per heavy atom. The quantitative estimate of drug-likeness (QED) is 0.705. The molecule has 138 valence electrons. The highest BCUT2D eigenvalue weighted by Crippen LogP contribution is 2.24. The molecule has 3 aromatic rings. The van der Waals surface area contributed by atoms with Crippen molar-refractivity contribution in [1.29, 1.82) is 0 Å². The molecule has 1 heterocycles. The topological polar surface area (TPSA) is 93.4 Å². The summed E-state index contributed by atoms with van der Waals surface area (Å²) in [6, 6.07) is 17.6. The zero-order chi connectivity index (χ0) is 19.4. The smallest absolute Gasteiger partial charge is 0.308 e. The Morgan fingerprint density at radius 1 is 0.889 bits per heavy atom. The largest absolute Gasteiger partial charge is 0.481 e. The Kier molecular flexibility index (Phi) is 5.23. The Balaban J connectivity index is 2.04. The number of hydrogen-bond donors (Lipinski definition) is 1. The molecule has 0 bridgehead atoms. The lowest BCUT2D eigenvalue weighted by molar-refractivity contribution is -0.136. The maximum Gasteiger partial charge on any atom is 0.308 e. The Bertz CT molecular complexity index is 1130. The predicted octanol–water partition coefficient (Wildman–Crippen LogP) is 2.36. The van der Waals surface area contributed by atoms with Crippen LogP contribution in [0.25, 0.3) is 0 Å². The second-order valence-corrected chi connectivity index (χ2v) is 7.88. The van der Waals surface area contributed by atoms with Crippen molar-refractivity contribution in [2.24, 2.45) is 0 Å². The highest BCUT2D eigenvalue weighted by molar-refractivity contribution is 7.91. The van der Waals surface area contributed by atoms with Gasteiger partial charge in [0.05, 0.1) is 22.8 Å². The van der Waals surface area contributed by atoms with E-state index in [9.17, 15) is 18.0 Å². The highest BCUT2D eigenvalue weighted by atomic mass is 32.2. The predicted molar refractivity (Wildman–Crippen MR) is 99.5 cm³/mol. The normalized spacial score (nSPS) is 11.3. The van der Waals surface area contributed by atoms with Gasteiger partial charge in [0.25, 0.3) is 5.56 Å². The van der Waals surface area contributed by atoms with Crippen LogP contribution in [0.1, 0.15) is 11.1 Å². The van der Waals surface area contributed by atoms with E-state index in [0.29, 0.717) is 5.56 Å². The average Bonchev–Trinajstić information content (AvgIpc) is 2.66. The number of carbonyl (C=O) groups is 1. The van der Waals surface area contributed by atoms with Crippen molar-refractivity contribution in [3.63, 3.8) is 0 Å². The fourth-order valence-electron chi connectivity index (χ4n) is 2.82. The second-order valence-electron chi connectivity index (χ2n) is 5.96. The molecule has 0 unspecified atom stereocenters. The van der Waals surface area contributed by atoms with E-state index in [1.54, 1.807) is 42.5 Å². The molecule has 1 N–H and O–H groups in total. The SMILES string of the molecule is O=C(O)Cc1cccn(Cc2ccccc2S(=O)(=O)c2ccccc2)c1=O. The lowest BCUT2D eigenvalue weighted by Crippen LogP contribution is -2.25. The number of benzene rings is 2. The molecule has 0 aliphatic carbocycles. The maximum absolute atomic E-state index is 13.0. The standard InChI is InChI=1S/C20H17NO5S/c22-19(23)13-15-8-6-12-21(20(15)24)14-16-7-4-5-11-18(16)27(25,26)17-9-2-1-3-10-17/h1-12H,13-14H2,(H,22,23). The van der Waals surface area contributed by atoms with Crippen LogP contribution >= 0.6 is 0 Å². The van der Waals surface area contributed by atoms with Gasteiger partial charge in [-0.1, -0.05) is 42.5 Å². The first-order valence-electron chi connectivity index (χ1n) is 8.18. The van der Waals surface area contributed by atoms with Crippen molar-refractivity contribution in [3.05, 3.63) is 94.4 Å². The van der Waals surface area contributed by atoms with Gasteiger partial charge in [-0.15, -0.1) is 0 Å². The summed E-state index contributed by atoms with van der Waals surface area (Å²) in [6.45, 7) is 0.0224. The van der Waals surface area contributed by atoms with Gasteiger partial charge in [-0.2, -0.15) is 0 Å².